The monoisotopic (exact) mass is 348 g/mol. The van der Waals surface area contributed by atoms with Gasteiger partial charge in [0.05, 0.1) is 5.02 Å². The van der Waals surface area contributed by atoms with Gasteiger partial charge in [0.2, 0.25) is 0 Å². The SMILES string of the molecule is CC(OC(=O)/C=C/c1ccc(F)cc1)C(=O)Nc1ccc(Cl)cn1. The number of amides is 1. The molecule has 124 valence electrons. The summed E-state index contributed by atoms with van der Waals surface area (Å²) >= 11 is 5.70. The van der Waals surface area contributed by atoms with Crippen molar-refractivity contribution in [2.24, 2.45) is 0 Å². The first kappa shape index (κ1) is 17.6. The Balaban J connectivity index is 1.87. The predicted octanol–water partition coefficient (Wildman–Crippen LogP) is 3.46. The van der Waals surface area contributed by atoms with Crippen LogP contribution >= 0.6 is 11.6 Å². The zero-order valence-electron chi connectivity index (χ0n) is 12.7. The van der Waals surface area contributed by atoms with Gasteiger partial charge in [0.1, 0.15) is 11.6 Å². The lowest BCUT2D eigenvalue weighted by Crippen LogP contribution is -2.29. The molecule has 24 heavy (non-hydrogen) atoms. The molecule has 0 saturated carbocycles. The van der Waals surface area contributed by atoms with Crippen molar-refractivity contribution < 1.29 is 18.7 Å². The number of ether oxygens (including phenoxy) is 1. The molecule has 0 spiro atoms. The molecule has 0 aliphatic carbocycles. The first-order valence-electron chi connectivity index (χ1n) is 7.01. The Morgan fingerprint density at radius 1 is 1.25 bits per heavy atom. The highest BCUT2D eigenvalue weighted by atomic mass is 35.5. The van der Waals surface area contributed by atoms with Crippen LogP contribution in [-0.4, -0.2) is 23.0 Å². The molecule has 7 heteroatoms. The van der Waals surface area contributed by atoms with Gasteiger partial charge in [0.15, 0.2) is 6.10 Å². The van der Waals surface area contributed by atoms with Gasteiger partial charge in [-0.15, -0.1) is 0 Å². The summed E-state index contributed by atoms with van der Waals surface area (Å²) < 4.78 is 17.8. The lowest BCUT2D eigenvalue weighted by Gasteiger charge is -2.11. The molecule has 1 N–H and O–H groups in total. The molecule has 1 atom stereocenters. The molecule has 1 heterocycles. The van der Waals surface area contributed by atoms with Crippen LogP contribution in [0.1, 0.15) is 12.5 Å². The fourth-order valence-corrected chi connectivity index (χ4v) is 1.79. The van der Waals surface area contributed by atoms with Crippen molar-refractivity contribution >= 4 is 35.4 Å². The molecule has 1 aromatic carbocycles. The van der Waals surface area contributed by atoms with Crippen molar-refractivity contribution in [3.63, 3.8) is 0 Å². The summed E-state index contributed by atoms with van der Waals surface area (Å²) in [4.78, 5) is 27.5. The van der Waals surface area contributed by atoms with Crippen LogP contribution < -0.4 is 5.32 Å². The maximum absolute atomic E-state index is 12.8. The topological polar surface area (TPSA) is 68.3 Å². The van der Waals surface area contributed by atoms with Crippen molar-refractivity contribution in [2.75, 3.05) is 5.32 Å². The van der Waals surface area contributed by atoms with Crippen LogP contribution in [0.2, 0.25) is 5.02 Å². The van der Waals surface area contributed by atoms with E-state index in [1.54, 1.807) is 6.07 Å². The number of carbonyl (C=O) groups is 2. The molecular weight excluding hydrogens is 335 g/mol. The van der Waals surface area contributed by atoms with E-state index in [0.717, 1.165) is 6.08 Å². The Morgan fingerprint density at radius 3 is 2.58 bits per heavy atom. The van der Waals surface area contributed by atoms with Crippen molar-refractivity contribution in [1.82, 2.24) is 4.98 Å². The molecule has 0 radical (unpaired) electrons. The van der Waals surface area contributed by atoms with E-state index in [2.05, 4.69) is 10.3 Å². The third-order valence-electron chi connectivity index (χ3n) is 2.92. The minimum atomic E-state index is -1.01. The van der Waals surface area contributed by atoms with Gasteiger partial charge in [-0.05, 0) is 42.8 Å². The van der Waals surface area contributed by atoms with E-state index in [9.17, 15) is 14.0 Å². The number of nitrogens with one attached hydrogen (secondary N) is 1. The fourth-order valence-electron chi connectivity index (χ4n) is 1.68. The maximum atomic E-state index is 12.8. The van der Waals surface area contributed by atoms with Crippen LogP contribution in [0.25, 0.3) is 6.08 Å². The molecule has 1 unspecified atom stereocenters. The minimum absolute atomic E-state index is 0.300. The van der Waals surface area contributed by atoms with Crippen LogP contribution in [0, 0.1) is 5.82 Å². The van der Waals surface area contributed by atoms with Gasteiger partial charge in [0, 0.05) is 12.3 Å². The Bertz CT molecular complexity index is 745. The van der Waals surface area contributed by atoms with E-state index in [4.69, 9.17) is 16.3 Å². The van der Waals surface area contributed by atoms with E-state index < -0.39 is 18.0 Å². The second kappa shape index (κ2) is 8.21. The highest BCUT2D eigenvalue weighted by Crippen LogP contribution is 2.10. The largest absolute Gasteiger partial charge is 0.449 e. The number of rotatable bonds is 5. The molecular formula is C17H14ClFN2O3. The molecule has 2 aromatic rings. The summed E-state index contributed by atoms with van der Waals surface area (Å²) in [6.07, 6.45) is 3.01. The van der Waals surface area contributed by atoms with Gasteiger partial charge in [0.25, 0.3) is 5.91 Å². The van der Waals surface area contributed by atoms with Gasteiger partial charge in [-0.1, -0.05) is 23.7 Å². The third-order valence-corrected chi connectivity index (χ3v) is 3.15. The van der Waals surface area contributed by atoms with Crippen molar-refractivity contribution in [3.05, 3.63) is 65.1 Å². The summed E-state index contributed by atoms with van der Waals surface area (Å²) in [5, 5.41) is 2.95. The van der Waals surface area contributed by atoms with E-state index in [-0.39, 0.29) is 5.82 Å². The van der Waals surface area contributed by atoms with Gasteiger partial charge in [-0.3, -0.25) is 4.79 Å². The van der Waals surface area contributed by atoms with Crippen molar-refractivity contribution in [2.45, 2.75) is 13.0 Å². The second-order valence-corrected chi connectivity index (χ2v) is 5.25. The van der Waals surface area contributed by atoms with Gasteiger partial charge >= 0.3 is 5.97 Å². The van der Waals surface area contributed by atoms with Gasteiger partial charge in [-0.25, -0.2) is 14.2 Å². The first-order valence-corrected chi connectivity index (χ1v) is 7.38. The highest BCUT2D eigenvalue weighted by Gasteiger charge is 2.17. The summed E-state index contributed by atoms with van der Waals surface area (Å²) in [7, 11) is 0. The van der Waals surface area contributed by atoms with Gasteiger partial charge in [-0.2, -0.15) is 0 Å². The normalized spacial score (nSPS) is 12.0. The zero-order valence-corrected chi connectivity index (χ0v) is 13.5. The number of benzene rings is 1. The number of nitrogens with zero attached hydrogens (tertiary/aromatic N) is 1. The van der Waals surface area contributed by atoms with Crippen LogP contribution in [-0.2, 0) is 14.3 Å². The Labute approximate surface area is 143 Å². The molecule has 1 amide bonds. The number of hydrogen-bond acceptors (Lipinski definition) is 4. The van der Waals surface area contributed by atoms with Crippen LogP contribution in [0.15, 0.2) is 48.7 Å². The van der Waals surface area contributed by atoms with E-state index in [0.29, 0.717) is 16.4 Å². The number of anilines is 1. The zero-order chi connectivity index (χ0) is 17.5. The lowest BCUT2D eigenvalue weighted by atomic mass is 10.2. The van der Waals surface area contributed by atoms with Crippen molar-refractivity contribution in [1.29, 1.82) is 0 Å². The summed E-state index contributed by atoms with van der Waals surface area (Å²) in [5.74, 6) is -1.27. The molecule has 2 rings (SSSR count). The minimum Gasteiger partial charge on any atom is -0.449 e. The second-order valence-electron chi connectivity index (χ2n) is 4.81. The molecule has 0 aliphatic heterocycles. The van der Waals surface area contributed by atoms with E-state index >= 15 is 0 Å². The summed E-state index contributed by atoms with van der Waals surface area (Å²) in [6, 6.07) is 8.69. The molecule has 1 aromatic heterocycles. The number of aromatic nitrogens is 1. The summed E-state index contributed by atoms with van der Waals surface area (Å²) in [6.45, 7) is 1.44. The molecule has 0 aliphatic rings. The maximum Gasteiger partial charge on any atom is 0.331 e. The van der Waals surface area contributed by atoms with Crippen LogP contribution in [0.4, 0.5) is 10.2 Å². The number of esters is 1. The predicted molar refractivity (Wildman–Crippen MR) is 88.9 cm³/mol. The Hall–Kier alpha value is -2.73. The number of halogens is 2. The summed E-state index contributed by atoms with van der Waals surface area (Å²) in [5.41, 5.74) is 0.635. The number of carbonyl (C=O) groups excluding carboxylic acids is 2. The molecule has 0 bridgehead atoms. The number of pyridine rings is 1. The Morgan fingerprint density at radius 2 is 1.96 bits per heavy atom. The van der Waals surface area contributed by atoms with Crippen LogP contribution in [0.3, 0.4) is 0 Å². The third kappa shape index (κ3) is 5.48. The van der Waals surface area contributed by atoms with E-state index in [1.807, 2.05) is 0 Å². The molecule has 0 saturated heterocycles. The molecule has 5 nitrogen and oxygen atoms in total. The molecule has 0 fully saturated rings. The van der Waals surface area contributed by atoms with E-state index in [1.165, 1.54) is 49.5 Å². The highest BCUT2D eigenvalue weighted by molar-refractivity contribution is 6.30. The van der Waals surface area contributed by atoms with Crippen molar-refractivity contribution in [3.8, 4) is 0 Å². The standard InChI is InChI=1S/C17H14ClFN2O3/c1-11(17(23)21-15-8-5-13(18)10-20-15)24-16(22)9-4-12-2-6-14(19)7-3-12/h2-11H,1H3,(H,20,21,23)/b9-4+. The first-order chi connectivity index (χ1) is 11.4. The quantitative estimate of drug-likeness (QED) is 0.663. The smallest absolute Gasteiger partial charge is 0.331 e. The number of hydrogen-bond donors (Lipinski definition) is 1. The average Bonchev–Trinajstić information content (AvgIpc) is 2.56. The fraction of sp³-hybridized carbons (Fsp3) is 0.118. The van der Waals surface area contributed by atoms with Gasteiger partial charge < -0.3 is 10.1 Å². The lowest BCUT2D eigenvalue weighted by molar-refractivity contribution is -0.148. The average molecular weight is 349 g/mol. The Kier molecular flexibility index (Phi) is 6.03. The van der Waals surface area contributed by atoms with Crippen LogP contribution in [0.5, 0.6) is 0 Å².